The number of methoxy groups -OCH3 is 1. The lowest BCUT2D eigenvalue weighted by molar-refractivity contribution is 0.341. The number of halogens is 1. The van der Waals surface area contributed by atoms with E-state index in [1.807, 2.05) is 25.3 Å². The van der Waals surface area contributed by atoms with Crippen LogP contribution >= 0.6 is 11.6 Å². The second-order valence-corrected chi connectivity index (χ2v) is 4.82. The van der Waals surface area contributed by atoms with Gasteiger partial charge in [-0.1, -0.05) is 11.6 Å². The molecule has 0 unspecified atom stereocenters. The van der Waals surface area contributed by atoms with Gasteiger partial charge in [-0.15, -0.1) is 9.90 Å². The predicted octanol–water partition coefficient (Wildman–Crippen LogP) is 2.43. The van der Waals surface area contributed by atoms with Crippen LogP contribution in [0.1, 0.15) is 11.3 Å². The summed E-state index contributed by atoms with van der Waals surface area (Å²) in [5.74, 6) is 0.609. The molecule has 22 heavy (non-hydrogen) atoms. The lowest BCUT2D eigenvalue weighted by Crippen LogP contribution is -2.04. The van der Waals surface area contributed by atoms with E-state index in [0.29, 0.717) is 11.0 Å². The van der Waals surface area contributed by atoms with E-state index in [2.05, 4.69) is 20.3 Å². The minimum atomic E-state index is 0.387. The van der Waals surface area contributed by atoms with Gasteiger partial charge in [-0.2, -0.15) is 10.2 Å². The van der Waals surface area contributed by atoms with E-state index in [4.69, 9.17) is 16.3 Å². The fourth-order valence-corrected chi connectivity index (χ4v) is 2.29. The minimum absolute atomic E-state index is 0.387. The van der Waals surface area contributed by atoms with Crippen LogP contribution in [0.2, 0.25) is 5.15 Å². The topological polar surface area (TPSA) is 70.7 Å². The summed E-state index contributed by atoms with van der Waals surface area (Å²) in [6, 6.07) is 3.71. The number of hydrogen-bond donors (Lipinski definition) is 0. The molecule has 0 amide bonds. The van der Waals surface area contributed by atoms with Gasteiger partial charge in [-0.3, -0.25) is 0 Å². The van der Waals surface area contributed by atoms with Crippen LogP contribution in [-0.2, 0) is 4.74 Å². The summed E-state index contributed by atoms with van der Waals surface area (Å²) >= 11 is 6.24. The molecule has 3 rings (SSSR count). The Morgan fingerprint density at radius 2 is 2.05 bits per heavy atom. The van der Waals surface area contributed by atoms with Crippen molar-refractivity contribution in [3.8, 4) is 11.5 Å². The van der Waals surface area contributed by atoms with Crippen LogP contribution in [0.15, 0.2) is 37.0 Å². The third kappa shape index (κ3) is 2.71. The zero-order valence-electron chi connectivity index (χ0n) is 12.0. The Labute approximate surface area is 131 Å². The SMILES string of the molecule is COC=Cc1c(-n2ccc(-n3nccn3)n2)cc(C)nc1Cl. The summed E-state index contributed by atoms with van der Waals surface area (Å²) in [7, 11) is 1.57. The molecule has 0 aromatic carbocycles. The third-order valence-electron chi connectivity index (χ3n) is 2.93. The highest BCUT2D eigenvalue weighted by molar-refractivity contribution is 6.31. The average Bonchev–Trinajstić information content (AvgIpc) is 3.16. The molecule has 0 saturated heterocycles. The van der Waals surface area contributed by atoms with Gasteiger partial charge in [0.25, 0.3) is 0 Å². The van der Waals surface area contributed by atoms with Crippen LogP contribution < -0.4 is 0 Å². The molecule has 0 bridgehead atoms. The molecule has 0 aliphatic carbocycles. The van der Waals surface area contributed by atoms with E-state index in [9.17, 15) is 0 Å². The Kier molecular flexibility index (Phi) is 3.88. The maximum absolute atomic E-state index is 6.24. The Bertz CT molecular complexity index is 809. The lowest BCUT2D eigenvalue weighted by atomic mass is 10.2. The van der Waals surface area contributed by atoms with Gasteiger partial charge in [0.05, 0.1) is 31.5 Å². The summed E-state index contributed by atoms with van der Waals surface area (Å²) in [6.07, 6.45) is 8.30. The number of pyridine rings is 1. The number of rotatable bonds is 4. The Balaban J connectivity index is 2.09. The molecule has 3 aromatic rings. The van der Waals surface area contributed by atoms with Gasteiger partial charge in [0, 0.05) is 23.5 Å². The van der Waals surface area contributed by atoms with E-state index >= 15 is 0 Å². The molecular formula is C14H13ClN6O. The molecular weight excluding hydrogens is 304 g/mol. The van der Waals surface area contributed by atoms with Crippen LogP contribution in [0, 0.1) is 6.92 Å². The Morgan fingerprint density at radius 1 is 1.27 bits per heavy atom. The van der Waals surface area contributed by atoms with E-state index in [1.165, 1.54) is 4.80 Å². The summed E-state index contributed by atoms with van der Waals surface area (Å²) < 4.78 is 6.67. The summed E-state index contributed by atoms with van der Waals surface area (Å²) in [6.45, 7) is 1.87. The van der Waals surface area contributed by atoms with Crippen LogP contribution in [0.4, 0.5) is 0 Å². The van der Waals surface area contributed by atoms with E-state index in [1.54, 1.807) is 36.5 Å². The summed E-state index contributed by atoms with van der Waals surface area (Å²) in [4.78, 5) is 5.70. The molecule has 0 aliphatic heterocycles. The fourth-order valence-electron chi connectivity index (χ4n) is 2.00. The van der Waals surface area contributed by atoms with Crippen molar-refractivity contribution in [1.29, 1.82) is 0 Å². The molecule has 0 N–H and O–H groups in total. The standard InChI is InChI=1S/C14H13ClN6O/c1-10-9-12(11(4-8-22-2)14(15)18-10)20-7-3-13(19-20)21-16-5-6-17-21/h3-9H,1-2H3. The molecule has 0 atom stereocenters. The molecule has 0 spiro atoms. The highest BCUT2D eigenvalue weighted by Gasteiger charge is 2.12. The number of nitrogens with zero attached hydrogens (tertiary/aromatic N) is 6. The average molecular weight is 317 g/mol. The Morgan fingerprint density at radius 3 is 2.77 bits per heavy atom. The number of aryl methyl sites for hydroxylation is 1. The molecule has 0 radical (unpaired) electrons. The maximum atomic E-state index is 6.24. The quantitative estimate of drug-likeness (QED) is 0.546. The van der Waals surface area contributed by atoms with Gasteiger partial charge in [-0.25, -0.2) is 9.67 Å². The third-order valence-corrected chi connectivity index (χ3v) is 3.22. The van der Waals surface area contributed by atoms with Gasteiger partial charge in [0.2, 0.25) is 0 Å². The number of ether oxygens (including phenoxy) is 1. The largest absolute Gasteiger partial charge is 0.504 e. The molecule has 3 heterocycles. The van der Waals surface area contributed by atoms with Crippen LogP contribution in [-0.4, -0.2) is 36.9 Å². The first-order valence-corrected chi connectivity index (χ1v) is 6.86. The first-order valence-electron chi connectivity index (χ1n) is 6.48. The normalized spacial score (nSPS) is 11.2. The lowest BCUT2D eigenvalue weighted by Gasteiger charge is -2.09. The molecule has 0 fully saturated rings. The Hall–Kier alpha value is -2.67. The second kappa shape index (κ2) is 5.98. The van der Waals surface area contributed by atoms with Crippen LogP contribution in [0.3, 0.4) is 0 Å². The first kappa shape index (κ1) is 14.3. The summed E-state index contributed by atoms with van der Waals surface area (Å²) in [5.41, 5.74) is 2.31. The van der Waals surface area contributed by atoms with Gasteiger partial charge in [-0.05, 0) is 19.1 Å². The van der Waals surface area contributed by atoms with Crippen molar-refractivity contribution in [2.75, 3.05) is 7.11 Å². The minimum Gasteiger partial charge on any atom is -0.504 e. The second-order valence-electron chi connectivity index (χ2n) is 4.46. The smallest absolute Gasteiger partial charge is 0.196 e. The van der Waals surface area contributed by atoms with Crippen molar-refractivity contribution in [2.24, 2.45) is 0 Å². The molecule has 7 nitrogen and oxygen atoms in total. The van der Waals surface area contributed by atoms with Crippen molar-refractivity contribution in [1.82, 2.24) is 29.8 Å². The van der Waals surface area contributed by atoms with Gasteiger partial charge >= 0.3 is 0 Å². The first-order chi connectivity index (χ1) is 10.7. The van der Waals surface area contributed by atoms with Crippen molar-refractivity contribution in [3.63, 3.8) is 0 Å². The highest BCUT2D eigenvalue weighted by Crippen LogP contribution is 2.24. The van der Waals surface area contributed by atoms with Crippen molar-refractivity contribution in [3.05, 3.63) is 53.4 Å². The molecule has 8 heteroatoms. The molecule has 112 valence electrons. The molecule has 0 saturated carbocycles. The monoisotopic (exact) mass is 316 g/mol. The van der Waals surface area contributed by atoms with Crippen molar-refractivity contribution < 1.29 is 4.74 Å². The van der Waals surface area contributed by atoms with Gasteiger partial charge in [0.1, 0.15) is 5.15 Å². The van der Waals surface area contributed by atoms with Crippen LogP contribution in [0.5, 0.6) is 0 Å². The predicted molar refractivity (Wildman–Crippen MR) is 82.1 cm³/mol. The van der Waals surface area contributed by atoms with E-state index in [-0.39, 0.29) is 0 Å². The fraction of sp³-hybridized carbons (Fsp3) is 0.143. The van der Waals surface area contributed by atoms with Gasteiger partial charge < -0.3 is 4.74 Å². The zero-order valence-corrected chi connectivity index (χ0v) is 12.8. The number of aromatic nitrogens is 6. The maximum Gasteiger partial charge on any atom is 0.196 e. The van der Waals surface area contributed by atoms with E-state index in [0.717, 1.165) is 16.9 Å². The van der Waals surface area contributed by atoms with Crippen LogP contribution in [0.25, 0.3) is 17.6 Å². The van der Waals surface area contributed by atoms with E-state index < -0.39 is 0 Å². The molecule has 3 aromatic heterocycles. The number of hydrogen-bond acceptors (Lipinski definition) is 5. The van der Waals surface area contributed by atoms with Crippen molar-refractivity contribution >= 4 is 17.7 Å². The highest BCUT2D eigenvalue weighted by atomic mass is 35.5. The van der Waals surface area contributed by atoms with Gasteiger partial charge in [0.15, 0.2) is 5.82 Å². The summed E-state index contributed by atoms with van der Waals surface area (Å²) in [5, 5.41) is 13.0. The molecule has 0 aliphatic rings. The van der Waals surface area contributed by atoms with Crippen molar-refractivity contribution in [2.45, 2.75) is 6.92 Å². The zero-order chi connectivity index (χ0) is 15.5.